The Bertz CT molecular complexity index is 145. The van der Waals surface area contributed by atoms with Gasteiger partial charge in [-0.2, -0.15) is 0 Å². The summed E-state index contributed by atoms with van der Waals surface area (Å²) in [5.41, 5.74) is 0. The number of nitrogens with zero attached hydrogens (tertiary/aromatic N) is 1. The van der Waals surface area contributed by atoms with Gasteiger partial charge in [-0.3, -0.25) is 4.90 Å². The lowest BCUT2D eigenvalue weighted by Gasteiger charge is -2.37. The molecule has 0 radical (unpaired) electrons. The van der Waals surface area contributed by atoms with Crippen LogP contribution in [0.2, 0.25) is 0 Å². The van der Waals surface area contributed by atoms with Gasteiger partial charge in [-0.1, -0.05) is 0 Å². The molecule has 1 fully saturated rings. The molecule has 1 N–H and O–H groups in total. The predicted octanol–water partition coefficient (Wildman–Crippen LogP) is 0.289. The Morgan fingerprint density at radius 3 is 2.21 bits per heavy atom. The number of hydrogen-bond donors (Lipinski definition) is 1. The molecule has 84 valence electrons. The maximum absolute atomic E-state index is 5.49. The fraction of sp³-hybridized carbons (Fsp3) is 1.00. The summed E-state index contributed by atoms with van der Waals surface area (Å²) in [5, 5.41) is 3.26. The van der Waals surface area contributed by atoms with Crippen LogP contribution in [-0.2, 0) is 9.47 Å². The summed E-state index contributed by atoms with van der Waals surface area (Å²) in [4.78, 5) is 2.30. The Balaban J connectivity index is 2.21. The summed E-state index contributed by atoms with van der Waals surface area (Å²) in [5.74, 6) is 0. The van der Waals surface area contributed by atoms with Gasteiger partial charge in [-0.15, -0.1) is 0 Å². The zero-order chi connectivity index (χ0) is 10.4. The quantitative estimate of drug-likeness (QED) is 0.602. The first-order valence-corrected chi connectivity index (χ1v) is 5.42. The first-order valence-electron chi connectivity index (χ1n) is 5.42. The maximum atomic E-state index is 5.49. The highest BCUT2D eigenvalue weighted by molar-refractivity contribution is 4.82. The van der Waals surface area contributed by atoms with Crippen LogP contribution < -0.4 is 5.32 Å². The van der Waals surface area contributed by atoms with Crippen LogP contribution in [0.1, 0.15) is 13.8 Å². The molecule has 0 aromatic carbocycles. The number of likely N-dealkylation sites (N-methyl/N-ethyl adjacent to an activating group) is 1. The van der Waals surface area contributed by atoms with Gasteiger partial charge in [-0.05, 0) is 20.9 Å². The lowest BCUT2D eigenvalue weighted by Crippen LogP contribution is -2.57. The molecular weight excluding hydrogens is 180 g/mol. The van der Waals surface area contributed by atoms with Crippen LogP contribution >= 0.6 is 0 Å². The van der Waals surface area contributed by atoms with E-state index in [0.29, 0.717) is 19.3 Å². The highest BCUT2D eigenvalue weighted by Crippen LogP contribution is 2.05. The SMILES string of the molecule is CCOC(CN(C)C1CNC1)OCC. The van der Waals surface area contributed by atoms with E-state index in [1.807, 2.05) is 13.8 Å². The van der Waals surface area contributed by atoms with Gasteiger partial charge >= 0.3 is 0 Å². The third-order valence-corrected chi connectivity index (χ3v) is 2.53. The second kappa shape index (κ2) is 6.35. The van der Waals surface area contributed by atoms with E-state index < -0.39 is 0 Å². The van der Waals surface area contributed by atoms with Gasteiger partial charge in [-0.25, -0.2) is 0 Å². The van der Waals surface area contributed by atoms with Crippen molar-refractivity contribution in [2.24, 2.45) is 0 Å². The third kappa shape index (κ3) is 3.53. The van der Waals surface area contributed by atoms with E-state index in [0.717, 1.165) is 19.6 Å². The zero-order valence-electron chi connectivity index (χ0n) is 9.45. The molecule has 0 aromatic heterocycles. The van der Waals surface area contributed by atoms with Crippen molar-refractivity contribution in [2.75, 3.05) is 39.9 Å². The zero-order valence-corrected chi connectivity index (χ0v) is 9.45. The summed E-state index contributed by atoms with van der Waals surface area (Å²) in [6, 6.07) is 0.651. The normalized spacial score (nSPS) is 17.8. The molecule has 0 aromatic rings. The average molecular weight is 202 g/mol. The third-order valence-electron chi connectivity index (χ3n) is 2.53. The maximum Gasteiger partial charge on any atom is 0.170 e. The molecule has 14 heavy (non-hydrogen) atoms. The Kier molecular flexibility index (Phi) is 5.40. The fourth-order valence-electron chi connectivity index (χ4n) is 1.49. The number of rotatable bonds is 7. The fourth-order valence-corrected chi connectivity index (χ4v) is 1.49. The van der Waals surface area contributed by atoms with E-state index in [1.165, 1.54) is 0 Å². The Morgan fingerprint density at radius 2 is 1.86 bits per heavy atom. The molecule has 0 spiro atoms. The van der Waals surface area contributed by atoms with Gasteiger partial charge in [0.2, 0.25) is 0 Å². The van der Waals surface area contributed by atoms with Crippen LogP contribution in [-0.4, -0.2) is 57.1 Å². The second-order valence-corrected chi connectivity index (χ2v) is 3.59. The van der Waals surface area contributed by atoms with Gasteiger partial charge in [0.15, 0.2) is 6.29 Å². The Labute approximate surface area is 86.6 Å². The van der Waals surface area contributed by atoms with E-state index in [4.69, 9.17) is 9.47 Å². The molecule has 0 aliphatic carbocycles. The first kappa shape index (κ1) is 11.9. The monoisotopic (exact) mass is 202 g/mol. The average Bonchev–Trinajstić information content (AvgIpc) is 2.01. The summed E-state index contributed by atoms with van der Waals surface area (Å²) in [6.07, 6.45) is -0.0735. The van der Waals surface area contributed by atoms with Gasteiger partial charge < -0.3 is 14.8 Å². The van der Waals surface area contributed by atoms with Crippen molar-refractivity contribution in [3.63, 3.8) is 0 Å². The Morgan fingerprint density at radius 1 is 1.29 bits per heavy atom. The molecule has 1 saturated heterocycles. The standard InChI is InChI=1S/C10H22N2O2/c1-4-13-10(14-5-2)8-12(3)9-6-11-7-9/h9-11H,4-8H2,1-3H3. The Hall–Kier alpha value is -0.160. The van der Waals surface area contributed by atoms with Crippen LogP contribution in [0, 0.1) is 0 Å². The van der Waals surface area contributed by atoms with Crippen molar-refractivity contribution in [2.45, 2.75) is 26.2 Å². The number of hydrogen-bond acceptors (Lipinski definition) is 4. The van der Waals surface area contributed by atoms with Crippen LogP contribution in [0.15, 0.2) is 0 Å². The van der Waals surface area contributed by atoms with Crippen molar-refractivity contribution < 1.29 is 9.47 Å². The lowest BCUT2D eigenvalue weighted by molar-refractivity contribution is -0.149. The van der Waals surface area contributed by atoms with Crippen molar-refractivity contribution in [3.05, 3.63) is 0 Å². The van der Waals surface area contributed by atoms with E-state index >= 15 is 0 Å². The molecule has 0 saturated carbocycles. The van der Waals surface area contributed by atoms with Crippen molar-refractivity contribution in [1.29, 1.82) is 0 Å². The summed E-state index contributed by atoms with van der Waals surface area (Å²) in [6.45, 7) is 8.44. The second-order valence-electron chi connectivity index (χ2n) is 3.59. The van der Waals surface area contributed by atoms with E-state index in [1.54, 1.807) is 0 Å². The van der Waals surface area contributed by atoms with Crippen molar-refractivity contribution in [1.82, 2.24) is 10.2 Å². The van der Waals surface area contributed by atoms with Crippen LogP contribution in [0.25, 0.3) is 0 Å². The molecule has 0 unspecified atom stereocenters. The smallest absolute Gasteiger partial charge is 0.170 e. The molecule has 0 amide bonds. The number of nitrogens with one attached hydrogen (secondary N) is 1. The molecule has 1 heterocycles. The minimum absolute atomic E-state index is 0.0735. The van der Waals surface area contributed by atoms with E-state index in [-0.39, 0.29) is 6.29 Å². The largest absolute Gasteiger partial charge is 0.352 e. The molecule has 4 heteroatoms. The van der Waals surface area contributed by atoms with Gasteiger partial charge in [0.1, 0.15) is 0 Å². The van der Waals surface area contributed by atoms with Crippen LogP contribution in [0.5, 0.6) is 0 Å². The molecule has 0 atom stereocenters. The highest BCUT2D eigenvalue weighted by atomic mass is 16.7. The highest BCUT2D eigenvalue weighted by Gasteiger charge is 2.23. The van der Waals surface area contributed by atoms with Crippen molar-refractivity contribution >= 4 is 0 Å². The van der Waals surface area contributed by atoms with Crippen molar-refractivity contribution in [3.8, 4) is 0 Å². The minimum Gasteiger partial charge on any atom is -0.352 e. The van der Waals surface area contributed by atoms with Crippen LogP contribution in [0.3, 0.4) is 0 Å². The number of ether oxygens (including phenoxy) is 2. The lowest BCUT2D eigenvalue weighted by atomic mass is 10.1. The predicted molar refractivity (Wildman–Crippen MR) is 56.3 cm³/mol. The molecule has 1 rings (SSSR count). The minimum atomic E-state index is -0.0735. The van der Waals surface area contributed by atoms with Gasteiger partial charge in [0.25, 0.3) is 0 Å². The topological polar surface area (TPSA) is 33.7 Å². The van der Waals surface area contributed by atoms with Gasteiger partial charge in [0.05, 0.1) is 0 Å². The molecular formula is C10H22N2O2. The van der Waals surface area contributed by atoms with E-state index in [9.17, 15) is 0 Å². The summed E-state index contributed by atoms with van der Waals surface area (Å²) >= 11 is 0. The van der Waals surface area contributed by atoms with E-state index in [2.05, 4.69) is 17.3 Å². The van der Waals surface area contributed by atoms with Gasteiger partial charge in [0, 0.05) is 38.9 Å². The van der Waals surface area contributed by atoms with Crippen LogP contribution in [0.4, 0.5) is 0 Å². The molecule has 4 nitrogen and oxygen atoms in total. The molecule has 0 bridgehead atoms. The summed E-state index contributed by atoms with van der Waals surface area (Å²) < 4.78 is 11.0. The molecule has 1 aliphatic heterocycles. The first-order chi connectivity index (χ1) is 6.77. The molecule has 1 aliphatic rings. The summed E-state index contributed by atoms with van der Waals surface area (Å²) in [7, 11) is 2.12.